The Morgan fingerprint density at radius 2 is 2.21 bits per heavy atom. The number of hydroxylamine groups is 2. The highest BCUT2D eigenvalue weighted by Gasteiger charge is 2.31. The molecule has 0 spiro atoms. The van der Waals surface area contributed by atoms with Crippen molar-refractivity contribution in [1.29, 1.82) is 0 Å². The molecule has 0 aliphatic carbocycles. The number of morpholine rings is 1. The number of hydrogen-bond acceptors (Lipinski definition) is 5. The van der Waals surface area contributed by atoms with Crippen molar-refractivity contribution in [3.8, 4) is 0 Å². The molecular formula is C12H22N2O5. The zero-order valence-electron chi connectivity index (χ0n) is 11.8. The normalized spacial score (nSPS) is 19.1. The molecule has 19 heavy (non-hydrogen) atoms. The topological polar surface area (TPSA) is 68.3 Å². The highest BCUT2D eigenvalue weighted by molar-refractivity contribution is 5.81. The van der Waals surface area contributed by atoms with E-state index in [9.17, 15) is 9.59 Å². The van der Waals surface area contributed by atoms with Crippen LogP contribution in [-0.2, 0) is 19.1 Å². The van der Waals surface area contributed by atoms with Crippen LogP contribution in [0.25, 0.3) is 0 Å². The Balaban J connectivity index is 2.45. The molecule has 0 N–H and O–H groups in total. The van der Waals surface area contributed by atoms with Crippen LogP contribution >= 0.6 is 0 Å². The van der Waals surface area contributed by atoms with Gasteiger partial charge in [-0.2, -0.15) is 0 Å². The van der Waals surface area contributed by atoms with E-state index in [-0.39, 0.29) is 12.5 Å². The summed E-state index contributed by atoms with van der Waals surface area (Å²) in [7, 11) is 2.90. The van der Waals surface area contributed by atoms with Crippen molar-refractivity contribution in [3.63, 3.8) is 0 Å². The predicted octanol–water partition coefficient (Wildman–Crippen LogP) is 0.644. The number of carbonyl (C=O) groups excluding carboxylic acids is 2. The highest BCUT2D eigenvalue weighted by atomic mass is 16.7. The van der Waals surface area contributed by atoms with Crippen LogP contribution in [0.3, 0.4) is 0 Å². The number of hydrogen-bond donors (Lipinski definition) is 0. The summed E-state index contributed by atoms with van der Waals surface area (Å²) in [4.78, 5) is 29.9. The molecule has 7 nitrogen and oxygen atoms in total. The summed E-state index contributed by atoms with van der Waals surface area (Å²) >= 11 is 0. The van der Waals surface area contributed by atoms with Gasteiger partial charge in [-0.25, -0.2) is 9.86 Å². The number of likely N-dealkylation sites (N-methyl/N-ethyl adjacent to an activating group) is 1. The number of ether oxygens (including phenoxy) is 2. The summed E-state index contributed by atoms with van der Waals surface area (Å²) in [5, 5.41) is 1.09. The standard InChI is InChI=1S/C12H22N2O5/c1-4-5-7-19-12(16)14-6-8-18-10(9-14)11(15)13(2)17-3/h10H,4-9H2,1-3H3. The van der Waals surface area contributed by atoms with Crippen LogP contribution in [0.2, 0.25) is 0 Å². The first kappa shape index (κ1) is 15.7. The molecule has 0 aromatic heterocycles. The SMILES string of the molecule is CCCCOC(=O)N1CCOC(C(=O)N(C)OC)C1. The van der Waals surface area contributed by atoms with Crippen molar-refractivity contribution in [1.82, 2.24) is 9.96 Å². The smallest absolute Gasteiger partial charge is 0.409 e. The van der Waals surface area contributed by atoms with Crippen LogP contribution in [-0.4, -0.2) is 68.5 Å². The number of nitrogens with zero attached hydrogens (tertiary/aromatic N) is 2. The molecule has 1 rings (SSSR count). The Bertz CT molecular complexity index is 310. The first-order valence-corrected chi connectivity index (χ1v) is 6.45. The maximum absolute atomic E-state index is 11.9. The van der Waals surface area contributed by atoms with Gasteiger partial charge in [-0.3, -0.25) is 9.63 Å². The average Bonchev–Trinajstić information content (AvgIpc) is 2.45. The van der Waals surface area contributed by atoms with E-state index in [1.165, 1.54) is 19.1 Å². The third-order valence-electron chi connectivity index (χ3n) is 2.91. The summed E-state index contributed by atoms with van der Waals surface area (Å²) in [5.41, 5.74) is 0. The minimum Gasteiger partial charge on any atom is -0.449 e. The van der Waals surface area contributed by atoms with E-state index in [1.54, 1.807) is 0 Å². The molecule has 1 saturated heterocycles. The number of unbranched alkanes of at least 4 members (excludes halogenated alkanes) is 1. The predicted molar refractivity (Wildman–Crippen MR) is 67.3 cm³/mol. The third kappa shape index (κ3) is 4.68. The largest absolute Gasteiger partial charge is 0.449 e. The second-order valence-corrected chi connectivity index (χ2v) is 4.29. The van der Waals surface area contributed by atoms with Gasteiger partial charge < -0.3 is 14.4 Å². The second kappa shape index (κ2) is 7.96. The van der Waals surface area contributed by atoms with Crippen molar-refractivity contribution >= 4 is 12.0 Å². The monoisotopic (exact) mass is 274 g/mol. The van der Waals surface area contributed by atoms with E-state index in [0.717, 1.165) is 17.9 Å². The van der Waals surface area contributed by atoms with Crippen LogP contribution in [0, 0.1) is 0 Å². The van der Waals surface area contributed by atoms with E-state index < -0.39 is 12.2 Å². The van der Waals surface area contributed by atoms with Gasteiger partial charge in [-0.05, 0) is 6.42 Å². The van der Waals surface area contributed by atoms with E-state index in [2.05, 4.69) is 0 Å². The molecular weight excluding hydrogens is 252 g/mol. The van der Waals surface area contributed by atoms with Crippen molar-refractivity contribution in [2.24, 2.45) is 0 Å². The van der Waals surface area contributed by atoms with Crippen LogP contribution < -0.4 is 0 Å². The fraction of sp³-hybridized carbons (Fsp3) is 0.833. The van der Waals surface area contributed by atoms with E-state index in [4.69, 9.17) is 14.3 Å². The molecule has 110 valence electrons. The fourth-order valence-corrected chi connectivity index (χ4v) is 1.65. The van der Waals surface area contributed by atoms with Gasteiger partial charge in [0, 0.05) is 13.6 Å². The Labute approximate surface area is 113 Å². The molecule has 1 unspecified atom stereocenters. The van der Waals surface area contributed by atoms with Crippen molar-refractivity contribution in [2.75, 3.05) is 40.5 Å². The van der Waals surface area contributed by atoms with Crippen LogP contribution in [0.5, 0.6) is 0 Å². The Morgan fingerprint density at radius 1 is 1.47 bits per heavy atom. The lowest BCUT2D eigenvalue weighted by Crippen LogP contribution is -2.51. The van der Waals surface area contributed by atoms with Gasteiger partial charge in [0.2, 0.25) is 0 Å². The molecule has 1 heterocycles. The van der Waals surface area contributed by atoms with Gasteiger partial charge >= 0.3 is 6.09 Å². The molecule has 1 atom stereocenters. The van der Waals surface area contributed by atoms with E-state index >= 15 is 0 Å². The molecule has 0 saturated carbocycles. The number of rotatable bonds is 5. The number of amides is 2. The molecule has 1 aliphatic heterocycles. The highest BCUT2D eigenvalue weighted by Crippen LogP contribution is 2.09. The average molecular weight is 274 g/mol. The molecule has 2 amide bonds. The zero-order valence-corrected chi connectivity index (χ0v) is 11.8. The van der Waals surface area contributed by atoms with Crippen molar-refractivity contribution in [3.05, 3.63) is 0 Å². The van der Waals surface area contributed by atoms with Gasteiger partial charge in [0.25, 0.3) is 5.91 Å². The molecule has 0 aromatic rings. The fourth-order valence-electron chi connectivity index (χ4n) is 1.65. The van der Waals surface area contributed by atoms with Gasteiger partial charge in [-0.15, -0.1) is 0 Å². The summed E-state index contributed by atoms with van der Waals surface area (Å²) < 4.78 is 10.5. The Morgan fingerprint density at radius 3 is 2.84 bits per heavy atom. The minimum absolute atomic E-state index is 0.192. The van der Waals surface area contributed by atoms with Gasteiger partial charge in [0.1, 0.15) is 0 Å². The minimum atomic E-state index is -0.697. The maximum Gasteiger partial charge on any atom is 0.409 e. The van der Waals surface area contributed by atoms with Crippen LogP contribution in [0.4, 0.5) is 4.79 Å². The van der Waals surface area contributed by atoms with E-state index in [0.29, 0.717) is 19.8 Å². The number of carbonyl (C=O) groups is 2. The molecule has 0 aromatic carbocycles. The van der Waals surface area contributed by atoms with Gasteiger partial charge in [0.15, 0.2) is 6.10 Å². The van der Waals surface area contributed by atoms with Crippen molar-refractivity contribution < 1.29 is 23.9 Å². The first-order valence-electron chi connectivity index (χ1n) is 6.45. The Hall–Kier alpha value is -1.34. The molecule has 1 fully saturated rings. The Kier molecular flexibility index (Phi) is 6.58. The van der Waals surface area contributed by atoms with Crippen LogP contribution in [0.15, 0.2) is 0 Å². The van der Waals surface area contributed by atoms with Gasteiger partial charge in [-0.1, -0.05) is 13.3 Å². The summed E-state index contributed by atoms with van der Waals surface area (Å²) in [6.07, 6.45) is 0.716. The second-order valence-electron chi connectivity index (χ2n) is 4.29. The van der Waals surface area contributed by atoms with Crippen molar-refractivity contribution in [2.45, 2.75) is 25.9 Å². The molecule has 7 heteroatoms. The summed E-state index contributed by atoms with van der Waals surface area (Å²) in [5.74, 6) is -0.312. The molecule has 1 aliphatic rings. The lowest BCUT2D eigenvalue weighted by Gasteiger charge is -2.32. The summed E-state index contributed by atoms with van der Waals surface area (Å²) in [6, 6.07) is 0. The lowest BCUT2D eigenvalue weighted by atomic mass is 10.2. The van der Waals surface area contributed by atoms with E-state index in [1.807, 2.05) is 6.92 Å². The molecule has 0 bridgehead atoms. The first-order chi connectivity index (χ1) is 9.10. The zero-order chi connectivity index (χ0) is 14.3. The third-order valence-corrected chi connectivity index (χ3v) is 2.91. The maximum atomic E-state index is 11.9. The molecule has 0 radical (unpaired) electrons. The van der Waals surface area contributed by atoms with Gasteiger partial charge in [0.05, 0.1) is 26.9 Å². The lowest BCUT2D eigenvalue weighted by molar-refractivity contribution is -0.184. The quantitative estimate of drug-likeness (QED) is 0.544. The van der Waals surface area contributed by atoms with Crippen LogP contribution in [0.1, 0.15) is 19.8 Å². The summed E-state index contributed by atoms with van der Waals surface area (Å²) in [6.45, 7) is 3.38.